The monoisotopic (exact) mass is 384 g/mol. The summed E-state index contributed by atoms with van der Waals surface area (Å²) in [6.07, 6.45) is 1.93. The van der Waals surface area contributed by atoms with Gasteiger partial charge in [-0.1, -0.05) is 43.6 Å². The molecule has 1 fully saturated rings. The summed E-state index contributed by atoms with van der Waals surface area (Å²) in [7, 11) is 0. The van der Waals surface area contributed by atoms with Gasteiger partial charge in [0.1, 0.15) is 0 Å². The van der Waals surface area contributed by atoms with Crippen molar-refractivity contribution in [1.29, 1.82) is 0 Å². The van der Waals surface area contributed by atoms with Crippen molar-refractivity contribution in [2.45, 2.75) is 40.0 Å². The lowest BCUT2D eigenvalue weighted by atomic mass is 10.0. The molecule has 1 heterocycles. The molecule has 0 saturated carbocycles. The minimum absolute atomic E-state index is 0.0277. The lowest BCUT2D eigenvalue weighted by Crippen LogP contribution is -2.29. The molecule has 2 aromatic carbocycles. The average Bonchev–Trinajstić information content (AvgIpc) is 3.03. The van der Waals surface area contributed by atoms with Crippen LogP contribution in [0, 0.1) is 12.8 Å². The molecule has 3 rings (SSSR count). The number of hydrogen-bond donors (Lipinski definition) is 1. The normalized spacial score (nSPS) is 16.7. The Morgan fingerprint density at radius 3 is 2.44 bits per heavy atom. The van der Waals surface area contributed by atoms with Crippen LogP contribution in [0.5, 0.6) is 0 Å². The second kappa shape index (κ2) is 8.13. The maximum Gasteiger partial charge on any atom is 0.229 e. The van der Waals surface area contributed by atoms with E-state index in [1.54, 1.807) is 11.0 Å². The molecule has 1 aliphatic heterocycles. The molecule has 0 aromatic heterocycles. The predicted octanol–water partition coefficient (Wildman–Crippen LogP) is 4.76. The molecular formula is C22H25ClN2O2. The van der Waals surface area contributed by atoms with Crippen molar-refractivity contribution in [1.82, 2.24) is 0 Å². The zero-order valence-corrected chi connectivity index (χ0v) is 16.8. The average molecular weight is 385 g/mol. The fourth-order valence-corrected chi connectivity index (χ4v) is 3.89. The first kappa shape index (κ1) is 19.4. The maximum atomic E-state index is 12.9. The summed E-state index contributed by atoms with van der Waals surface area (Å²) in [5.74, 6) is -0.477. The van der Waals surface area contributed by atoms with Crippen LogP contribution in [-0.2, 0) is 22.4 Å². The van der Waals surface area contributed by atoms with Gasteiger partial charge in [-0.2, -0.15) is 0 Å². The van der Waals surface area contributed by atoms with Crippen LogP contribution in [0.25, 0.3) is 0 Å². The maximum absolute atomic E-state index is 12.9. The quantitative estimate of drug-likeness (QED) is 0.807. The molecule has 1 N–H and O–H groups in total. The number of para-hydroxylation sites is 1. The molecule has 0 spiro atoms. The fraction of sp³-hybridized carbons (Fsp3) is 0.364. The van der Waals surface area contributed by atoms with E-state index in [1.165, 1.54) is 0 Å². The smallest absolute Gasteiger partial charge is 0.229 e. The van der Waals surface area contributed by atoms with E-state index < -0.39 is 0 Å². The first-order valence-corrected chi connectivity index (χ1v) is 9.80. The van der Waals surface area contributed by atoms with Gasteiger partial charge in [-0.25, -0.2) is 0 Å². The Morgan fingerprint density at radius 2 is 1.85 bits per heavy atom. The highest BCUT2D eigenvalue weighted by molar-refractivity contribution is 6.30. The topological polar surface area (TPSA) is 49.4 Å². The van der Waals surface area contributed by atoms with Gasteiger partial charge >= 0.3 is 0 Å². The fourth-order valence-electron chi connectivity index (χ4n) is 3.67. The Hall–Kier alpha value is -2.33. The number of anilines is 2. The Balaban J connectivity index is 1.79. The SMILES string of the molecule is CCc1cccc(CC)c1NC(=O)C1CC(=O)N(c2ccc(Cl)cc2C)C1. The van der Waals surface area contributed by atoms with Crippen LogP contribution in [0.2, 0.25) is 5.02 Å². The molecule has 1 atom stereocenters. The number of carbonyl (C=O) groups excluding carboxylic acids is 2. The summed E-state index contributed by atoms with van der Waals surface area (Å²) in [5, 5.41) is 3.74. The van der Waals surface area contributed by atoms with E-state index in [4.69, 9.17) is 11.6 Å². The number of benzene rings is 2. The van der Waals surface area contributed by atoms with Gasteiger partial charge in [-0.15, -0.1) is 0 Å². The molecule has 142 valence electrons. The molecule has 2 aromatic rings. The van der Waals surface area contributed by atoms with Gasteiger partial charge in [0.05, 0.1) is 5.92 Å². The van der Waals surface area contributed by atoms with Gasteiger partial charge in [0.25, 0.3) is 0 Å². The molecule has 0 bridgehead atoms. The van der Waals surface area contributed by atoms with E-state index in [9.17, 15) is 9.59 Å². The largest absolute Gasteiger partial charge is 0.325 e. The first-order valence-electron chi connectivity index (χ1n) is 9.42. The van der Waals surface area contributed by atoms with Crippen molar-refractivity contribution in [3.8, 4) is 0 Å². The zero-order chi connectivity index (χ0) is 19.6. The van der Waals surface area contributed by atoms with Crippen LogP contribution < -0.4 is 10.2 Å². The summed E-state index contributed by atoms with van der Waals surface area (Å²) in [6, 6.07) is 11.6. The van der Waals surface area contributed by atoms with E-state index >= 15 is 0 Å². The number of aryl methyl sites for hydroxylation is 3. The number of halogens is 1. The number of carbonyl (C=O) groups is 2. The first-order chi connectivity index (χ1) is 12.9. The zero-order valence-electron chi connectivity index (χ0n) is 16.0. The number of rotatable bonds is 5. The predicted molar refractivity (Wildman–Crippen MR) is 110 cm³/mol. The van der Waals surface area contributed by atoms with Crippen molar-refractivity contribution in [3.05, 3.63) is 58.1 Å². The number of nitrogens with zero attached hydrogens (tertiary/aromatic N) is 1. The number of hydrogen-bond acceptors (Lipinski definition) is 2. The van der Waals surface area contributed by atoms with Crippen molar-refractivity contribution >= 4 is 34.8 Å². The van der Waals surface area contributed by atoms with Crippen LogP contribution >= 0.6 is 11.6 Å². The highest BCUT2D eigenvalue weighted by Crippen LogP contribution is 2.31. The molecule has 0 aliphatic carbocycles. The third-order valence-electron chi connectivity index (χ3n) is 5.19. The lowest BCUT2D eigenvalue weighted by molar-refractivity contribution is -0.122. The van der Waals surface area contributed by atoms with Crippen LogP contribution in [0.1, 0.15) is 37.0 Å². The van der Waals surface area contributed by atoms with Gasteiger partial charge in [0.2, 0.25) is 11.8 Å². The Labute approximate surface area is 165 Å². The van der Waals surface area contributed by atoms with Crippen LogP contribution in [0.4, 0.5) is 11.4 Å². The molecule has 1 unspecified atom stereocenters. The standard InChI is InChI=1S/C22H25ClN2O2/c1-4-15-7-6-8-16(5-2)21(15)24-22(27)17-12-20(26)25(13-17)19-10-9-18(23)11-14(19)3/h6-11,17H,4-5,12-13H2,1-3H3,(H,24,27). The summed E-state index contributed by atoms with van der Waals surface area (Å²) in [4.78, 5) is 27.1. The van der Waals surface area contributed by atoms with Gasteiger partial charge < -0.3 is 10.2 Å². The van der Waals surface area contributed by atoms with E-state index in [0.717, 1.165) is 40.9 Å². The third-order valence-corrected chi connectivity index (χ3v) is 5.43. The molecule has 1 saturated heterocycles. The Bertz CT molecular complexity index is 856. The Morgan fingerprint density at radius 1 is 1.19 bits per heavy atom. The number of amides is 2. The van der Waals surface area contributed by atoms with Gasteiger partial charge in [-0.05, 0) is 54.7 Å². The summed E-state index contributed by atoms with van der Waals surface area (Å²) in [6.45, 7) is 6.47. The van der Waals surface area contributed by atoms with Crippen molar-refractivity contribution in [3.63, 3.8) is 0 Å². The molecule has 27 heavy (non-hydrogen) atoms. The minimum atomic E-state index is -0.359. The van der Waals surface area contributed by atoms with Crippen LogP contribution in [0.15, 0.2) is 36.4 Å². The van der Waals surface area contributed by atoms with E-state index in [-0.39, 0.29) is 24.2 Å². The van der Waals surface area contributed by atoms with Crippen molar-refractivity contribution < 1.29 is 9.59 Å². The second-order valence-electron chi connectivity index (χ2n) is 6.98. The van der Waals surface area contributed by atoms with E-state index in [0.29, 0.717) is 11.6 Å². The van der Waals surface area contributed by atoms with Crippen LogP contribution in [-0.4, -0.2) is 18.4 Å². The molecule has 2 amide bonds. The van der Waals surface area contributed by atoms with Gasteiger partial charge in [0.15, 0.2) is 0 Å². The number of nitrogens with one attached hydrogen (secondary N) is 1. The molecule has 5 heteroatoms. The highest BCUT2D eigenvalue weighted by Gasteiger charge is 2.36. The van der Waals surface area contributed by atoms with Gasteiger partial charge in [0, 0.05) is 29.4 Å². The highest BCUT2D eigenvalue weighted by atomic mass is 35.5. The summed E-state index contributed by atoms with van der Waals surface area (Å²) >= 11 is 6.02. The third kappa shape index (κ3) is 4.01. The molecule has 0 radical (unpaired) electrons. The summed E-state index contributed by atoms with van der Waals surface area (Å²) in [5.41, 5.74) is 4.90. The van der Waals surface area contributed by atoms with E-state index in [2.05, 4.69) is 19.2 Å². The molecular weight excluding hydrogens is 360 g/mol. The molecule has 1 aliphatic rings. The summed E-state index contributed by atoms with van der Waals surface area (Å²) < 4.78 is 0. The van der Waals surface area contributed by atoms with Crippen molar-refractivity contribution in [2.75, 3.05) is 16.8 Å². The second-order valence-corrected chi connectivity index (χ2v) is 7.42. The lowest BCUT2D eigenvalue weighted by Gasteiger charge is -2.20. The minimum Gasteiger partial charge on any atom is -0.325 e. The molecule has 4 nitrogen and oxygen atoms in total. The van der Waals surface area contributed by atoms with Crippen LogP contribution in [0.3, 0.4) is 0 Å². The van der Waals surface area contributed by atoms with Crippen molar-refractivity contribution in [2.24, 2.45) is 5.92 Å². The van der Waals surface area contributed by atoms with E-state index in [1.807, 2.05) is 37.3 Å². The van der Waals surface area contributed by atoms with Gasteiger partial charge in [-0.3, -0.25) is 9.59 Å². The Kier molecular flexibility index (Phi) is 5.85.